The van der Waals surface area contributed by atoms with Crippen LogP contribution in [0.1, 0.15) is 64.4 Å². The monoisotopic (exact) mass is 1300 g/mol. The first kappa shape index (κ1) is 67.4. The van der Waals surface area contributed by atoms with Gasteiger partial charge in [0.05, 0.1) is 130 Å². The number of amides is 3. The van der Waals surface area contributed by atoms with E-state index < -0.39 is 47.4 Å². The van der Waals surface area contributed by atoms with Crippen LogP contribution in [-0.2, 0) is 57.8 Å². The highest BCUT2D eigenvalue weighted by Gasteiger charge is 2.26. The normalized spacial score (nSPS) is 13.0. The van der Waals surface area contributed by atoms with Crippen molar-refractivity contribution in [2.75, 3.05) is 113 Å². The lowest BCUT2D eigenvalue weighted by molar-refractivity contribution is -0.139. The number of aryl methyl sites for hydroxylation is 1. The van der Waals surface area contributed by atoms with Crippen molar-refractivity contribution in [3.05, 3.63) is 124 Å². The second kappa shape index (κ2) is 32.8. The summed E-state index contributed by atoms with van der Waals surface area (Å²) in [7, 11) is 0. The number of fused-ring (bicyclic) bond motifs is 2. The van der Waals surface area contributed by atoms with Crippen molar-refractivity contribution in [3.8, 4) is 23.2 Å². The fourth-order valence-electron chi connectivity index (χ4n) is 9.45. The molecule has 7 heterocycles. The number of carbonyl (C=O) groups is 4. The molecule has 33 heteroatoms. The van der Waals surface area contributed by atoms with Gasteiger partial charge in [-0.15, -0.1) is 5.10 Å². The van der Waals surface area contributed by atoms with Crippen molar-refractivity contribution in [1.82, 2.24) is 70.4 Å². The number of benzene rings is 2. The first-order valence-electron chi connectivity index (χ1n) is 29.4. The van der Waals surface area contributed by atoms with Crippen LogP contribution in [0.25, 0.3) is 33.5 Å². The number of aliphatic carboxylic acids is 1. The number of pyridine rings is 2. The minimum absolute atomic E-state index is 0.0442. The van der Waals surface area contributed by atoms with Gasteiger partial charge in [0.1, 0.15) is 35.4 Å². The first-order valence-corrected chi connectivity index (χ1v) is 29.8. The van der Waals surface area contributed by atoms with E-state index in [4.69, 9.17) is 41.0 Å². The van der Waals surface area contributed by atoms with Gasteiger partial charge >= 0.3 is 5.97 Å². The molecule has 1 fully saturated rings. The molecular formula is C60H66ClF2N19O11. The van der Waals surface area contributed by atoms with E-state index in [1.807, 2.05) is 11.0 Å². The van der Waals surface area contributed by atoms with E-state index in [-0.39, 0.29) is 120 Å². The van der Waals surface area contributed by atoms with E-state index >= 15 is 4.39 Å². The second-order valence-electron chi connectivity index (χ2n) is 21.0. The van der Waals surface area contributed by atoms with Crippen molar-refractivity contribution in [2.45, 2.75) is 58.5 Å². The summed E-state index contributed by atoms with van der Waals surface area (Å²) in [4.78, 5) is 87.9. The van der Waals surface area contributed by atoms with E-state index in [0.29, 0.717) is 106 Å². The fraction of sp³-hybridized carbons (Fsp3) is 0.383. The molecular weight excluding hydrogens is 1240 g/mol. The summed E-state index contributed by atoms with van der Waals surface area (Å²) in [6.07, 6.45) is 5.85. The number of hydrogen-bond donors (Lipinski definition) is 7. The number of nitrogens with two attached hydrogens (primary N) is 1. The number of anilines is 4. The Morgan fingerprint density at radius 3 is 2.26 bits per heavy atom. The van der Waals surface area contributed by atoms with Gasteiger partial charge in [0.2, 0.25) is 29.6 Å². The third kappa shape index (κ3) is 18.8. The average molecular weight is 1300 g/mol. The molecule has 0 unspecified atom stereocenters. The lowest BCUT2D eigenvalue weighted by Gasteiger charge is -2.34. The van der Waals surface area contributed by atoms with Crippen molar-refractivity contribution >= 4 is 80.8 Å². The summed E-state index contributed by atoms with van der Waals surface area (Å²) in [6, 6.07) is 11.6. The zero-order valence-corrected chi connectivity index (χ0v) is 51.3. The predicted octanol–water partition coefficient (Wildman–Crippen LogP) is 4.31. The number of carboxylic acid groups (broad SMARTS) is 1. The number of hydrogen-bond acceptors (Lipinski definition) is 25. The highest BCUT2D eigenvalue weighted by molar-refractivity contribution is 6.35. The molecule has 3 amide bonds. The van der Waals surface area contributed by atoms with Crippen LogP contribution in [0.4, 0.5) is 32.1 Å². The maximum absolute atomic E-state index is 15.6. The molecule has 0 aliphatic carbocycles. The summed E-state index contributed by atoms with van der Waals surface area (Å²) in [5.74, 6) is -3.78. The molecule has 0 spiro atoms. The maximum Gasteiger partial charge on any atom is 0.326 e. The van der Waals surface area contributed by atoms with Crippen molar-refractivity contribution in [1.29, 1.82) is 5.26 Å². The van der Waals surface area contributed by atoms with Crippen LogP contribution in [0.15, 0.2) is 73.3 Å². The Morgan fingerprint density at radius 1 is 0.817 bits per heavy atom. The molecule has 1 aliphatic heterocycles. The molecule has 0 radical (unpaired) electrons. The van der Waals surface area contributed by atoms with E-state index in [0.717, 1.165) is 0 Å². The first-order chi connectivity index (χ1) is 45.0. The number of aromatic nitrogens is 11. The average Bonchev–Trinajstić information content (AvgIpc) is 1.14. The van der Waals surface area contributed by atoms with E-state index in [2.05, 4.69) is 71.5 Å². The summed E-state index contributed by atoms with van der Waals surface area (Å²) < 4.78 is 60.0. The van der Waals surface area contributed by atoms with Crippen LogP contribution in [0.5, 0.6) is 5.88 Å². The predicted molar refractivity (Wildman–Crippen MR) is 331 cm³/mol. The third-order valence-electron chi connectivity index (χ3n) is 14.3. The minimum Gasteiger partial charge on any atom is -0.492 e. The van der Waals surface area contributed by atoms with Crippen molar-refractivity contribution < 1.29 is 61.9 Å². The summed E-state index contributed by atoms with van der Waals surface area (Å²) in [6.45, 7) is 8.23. The molecule has 93 heavy (non-hydrogen) atoms. The Kier molecular flexibility index (Phi) is 23.8. The van der Waals surface area contributed by atoms with E-state index in [1.54, 1.807) is 41.8 Å². The maximum atomic E-state index is 15.6. The van der Waals surface area contributed by atoms with Gasteiger partial charge in [0, 0.05) is 80.0 Å². The Bertz CT molecular complexity index is 3960. The number of piperazine rings is 1. The van der Waals surface area contributed by atoms with Gasteiger partial charge in [0.15, 0.2) is 17.0 Å². The number of carboxylic acids is 1. The lowest BCUT2D eigenvalue weighted by atomic mass is 10.0. The van der Waals surface area contributed by atoms with Crippen LogP contribution < -0.4 is 31.9 Å². The van der Waals surface area contributed by atoms with Crippen LogP contribution >= 0.6 is 11.6 Å². The largest absolute Gasteiger partial charge is 0.492 e. The quantitative estimate of drug-likeness (QED) is 0.0282. The van der Waals surface area contributed by atoms with Crippen LogP contribution in [-0.4, -0.2) is 192 Å². The minimum atomic E-state index is -1.31. The van der Waals surface area contributed by atoms with E-state index in [1.165, 1.54) is 55.0 Å². The molecule has 9 rings (SSSR count). The summed E-state index contributed by atoms with van der Waals surface area (Å²) >= 11 is 6.71. The molecule has 2 aromatic carbocycles. The number of halogens is 3. The van der Waals surface area contributed by atoms with E-state index in [9.17, 15) is 39.0 Å². The van der Waals surface area contributed by atoms with Crippen LogP contribution in [0.2, 0.25) is 5.02 Å². The Hall–Kier alpha value is -10.0. The van der Waals surface area contributed by atoms with Gasteiger partial charge in [-0.3, -0.25) is 14.4 Å². The molecule has 8 aromatic rings. The van der Waals surface area contributed by atoms with Crippen molar-refractivity contribution in [2.24, 2.45) is 0 Å². The molecule has 488 valence electrons. The molecule has 8 N–H and O–H groups in total. The number of rotatable bonds is 33. The van der Waals surface area contributed by atoms with Crippen LogP contribution in [0.3, 0.4) is 0 Å². The number of nitriles is 1. The SMILES string of the molecule is Cc1nc2cc(F)c(-c3cnc(N4CCN(C(=O)COCCn5cc(COCCOCCOCCOCCNC(=O)CC[C@H](NC(=O)c6ccc(NCc7cnc8nc(N)nc(O)c8n7)cc6)C(=O)O)nn5)CC4)nc3)nc2c(N[C@H](C)c2cc(C#N)ccc2F)c1Cl. The van der Waals surface area contributed by atoms with Gasteiger partial charge in [-0.1, -0.05) is 16.8 Å². The molecule has 0 bridgehead atoms. The van der Waals surface area contributed by atoms with Gasteiger partial charge in [-0.25, -0.2) is 48.2 Å². The zero-order chi connectivity index (χ0) is 65.8. The second-order valence-corrected chi connectivity index (χ2v) is 21.3. The topological polar surface area (TPSA) is 393 Å². The van der Waals surface area contributed by atoms with Gasteiger partial charge < -0.3 is 70.7 Å². The van der Waals surface area contributed by atoms with Gasteiger partial charge in [-0.05, 0) is 62.7 Å². The smallest absolute Gasteiger partial charge is 0.326 e. The Balaban J connectivity index is 0.568. The number of aromatic hydroxyl groups is 1. The highest BCUT2D eigenvalue weighted by Crippen LogP contribution is 2.37. The molecule has 1 aliphatic rings. The highest BCUT2D eigenvalue weighted by atomic mass is 35.5. The molecule has 30 nitrogen and oxygen atoms in total. The lowest BCUT2D eigenvalue weighted by Crippen LogP contribution is -2.50. The van der Waals surface area contributed by atoms with Gasteiger partial charge in [-0.2, -0.15) is 15.2 Å². The number of carbonyl (C=O) groups excluding carboxylic acids is 3. The Morgan fingerprint density at radius 2 is 1.54 bits per heavy atom. The summed E-state index contributed by atoms with van der Waals surface area (Å²) in [5.41, 5.74) is 9.68. The third-order valence-corrected chi connectivity index (χ3v) is 14.8. The number of nitrogen functional groups attached to an aromatic ring is 1. The molecule has 1 saturated heterocycles. The zero-order valence-electron chi connectivity index (χ0n) is 50.6. The number of ether oxygens (including phenoxy) is 5. The summed E-state index contributed by atoms with van der Waals surface area (Å²) in [5, 5.41) is 49.0. The van der Waals surface area contributed by atoms with Gasteiger partial charge in [0.25, 0.3) is 5.91 Å². The fourth-order valence-corrected chi connectivity index (χ4v) is 9.63. The molecule has 0 saturated carbocycles. The number of nitrogens with zero attached hydrogens (tertiary/aromatic N) is 14. The Labute approximate surface area is 535 Å². The number of nitrogens with one attached hydrogen (secondary N) is 4. The van der Waals surface area contributed by atoms with Crippen molar-refractivity contribution in [3.63, 3.8) is 0 Å². The molecule has 6 aromatic heterocycles. The molecule has 2 atom stereocenters. The standard InChI is InChI=1S/C60H66ClF2N19O11/c1-35(43-25-37(27-64)3-8-44(43)62)72-53-50(61)36(2)71-47-26-45(63)51(75-52(47)53)39-28-69-60(70-29-39)81-14-12-80(13-15-81)49(84)34-92-18-16-82-32-42(78-79-82)33-93-24-23-91-22-21-90-20-19-89-17-11-66-48(83)10-9-46(58(87)88)74-56(85)38-4-6-40(7-5-38)67-30-41-31-68-55-54(73-41)57(86)77-59(65)76-55/h3-8,25-26,28-29,31-32,35,46,67H,9-24,30,33-34H2,1-2H3,(H,66,83)(H,71,72)(H,74,85)(H,87,88)(H3,65,68,76,77,86)/t35-,46+/m1/s1. The van der Waals surface area contributed by atoms with Crippen LogP contribution in [0, 0.1) is 29.9 Å².